The van der Waals surface area contributed by atoms with E-state index in [0.717, 1.165) is 16.3 Å². The highest BCUT2D eigenvalue weighted by Crippen LogP contribution is 2.34. The summed E-state index contributed by atoms with van der Waals surface area (Å²) < 4.78 is 8.41. The molecule has 2 aliphatic heterocycles. The fraction of sp³-hybridized carbons (Fsp3) is 0.533. The third kappa shape index (κ3) is 1.97. The molecule has 0 aromatic carbocycles. The number of aliphatic imine (C=N–C) groups is 1. The van der Waals surface area contributed by atoms with Crippen molar-refractivity contribution in [1.29, 1.82) is 0 Å². The standard InChI is InChI=1S/C15H20N5O4/c1-6-18-8(2)9(3)20-11-12(16-14(18)20)17(4)15(23)19(13(11)22)7-10(21)24-5/h11H,6-7H2,1-5H3/q+1. The SMILES string of the molecule is CC[n+]1c(C)c(C)n2c1N=C1C2C(=O)N(CC(=O)OC)C(=O)N1C. The minimum absolute atomic E-state index is 0.381. The summed E-state index contributed by atoms with van der Waals surface area (Å²) in [6.07, 6.45) is 0. The number of fused-ring (bicyclic) bond motifs is 3. The van der Waals surface area contributed by atoms with Gasteiger partial charge in [0.05, 0.1) is 13.7 Å². The van der Waals surface area contributed by atoms with Gasteiger partial charge in [0.1, 0.15) is 17.9 Å². The van der Waals surface area contributed by atoms with Crippen LogP contribution in [-0.2, 0) is 20.9 Å². The number of imidazole rings is 1. The van der Waals surface area contributed by atoms with Crippen molar-refractivity contribution < 1.29 is 23.7 Å². The number of hydrogen-bond donors (Lipinski definition) is 0. The molecule has 24 heavy (non-hydrogen) atoms. The summed E-state index contributed by atoms with van der Waals surface area (Å²) in [6, 6.07) is -1.32. The number of likely N-dealkylation sites (N-methyl/N-ethyl adjacent to an activating group) is 1. The number of hydrogen-bond acceptors (Lipinski definition) is 5. The average Bonchev–Trinajstić information content (AvgIpc) is 3.06. The van der Waals surface area contributed by atoms with Gasteiger partial charge in [0.2, 0.25) is 11.9 Å². The predicted octanol–water partition coefficient (Wildman–Crippen LogP) is 0.0640. The Morgan fingerprint density at radius 3 is 2.58 bits per heavy atom. The van der Waals surface area contributed by atoms with E-state index in [9.17, 15) is 14.4 Å². The second-order valence-electron chi connectivity index (χ2n) is 5.80. The zero-order valence-corrected chi connectivity index (χ0v) is 14.4. The van der Waals surface area contributed by atoms with Crippen molar-refractivity contribution in [2.75, 3.05) is 20.7 Å². The fourth-order valence-corrected chi connectivity index (χ4v) is 3.22. The smallest absolute Gasteiger partial charge is 0.402 e. The second-order valence-corrected chi connectivity index (χ2v) is 5.80. The van der Waals surface area contributed by atoms with Gasteiger partial charge in [-0.15, -0.1) is 0 Å². The van der Waals surface area contributed by atoms with Gasteiger partial charge in [0.25, 0.3) is 5.91 Å². The fourth-order valence-electron chi connectivity index (χ4n) is 3.22. The molecule has 1 saturated heterocycles. The van der Waals surface area contributed by atoms with Crippen molar-refractivity contribution in [3.8, 4) is 0 Å². The molecule has 3 heterocycles. The van der Waals surface area contributed by atoms with E-state index < -0.39 is 30.5 Å². The van der Waals surface area contributed by atoms with E-state index in [1.807, 2.05) is 29.9 Å². The van der Waals surface area contributed by atoms with Gasteiger partial charge in [-0.2, -0.15) is 0 Å². The number of aromatic nitrogens is 2. The van der Waals surface area contributed by atoms with Crippen LogP contribution >= 0.6 is 0 Å². The third-order valence-corrected chi connectivity index (χ3v) is 4.66. The van der Waals surface area contributed by atoms with Crippen LogP contribution in [0.4, 0.5) is 10.7 Å². The Kier molecular flexibility index (Phi) is 3.66. The van der Waals surface area contributed by atoms with Crippen LogP contribution in [0.25, 0.3) is 0 Å². The highest BCUT2D eigenvalue weighted by molar-refractivity contribution is 6.21. The number of ether oxygens (including phenoxy) is 1. The highest BCUT2D eigenvalue weighted by atomic mass is 16.5. The number of rotatable bonds is 3. The van der Waals surface area contributed by atoms with Crippen molar-refractivity contribution in [3.05, 3.63) is 11.4 Å². The van der Waals surface area contributed by atoms with E-state index >= 15 is 0 Å². The minimum Gasteiger partial charge on any atom is -0.468 e. The van der Waals surface area contributed by atoms with Crippen LogP contribution in [0.3, 0.4) is 0 Å². The van der Waals surface area contributed by atoms with Crippen LogP contribution < -0.4 is 4.57 Å². The van der Waals surface area contributed by atoms with E-state index in [-0.39, 0.29) is 0 Å². The maximum atomic E-state index is 12.9. The maximum Gasteiger partial charge on any atom is 0.402 e. The number of amides is 3. The normalized spacial score (nSPS) is 19.4. The largest absolute Gasteiger partial charge is 0.468 e. The Balaban J connectivity index is 2.10. The van der Waals surface area contributed by atoms with E-state index in [0.29, 0.717) is 18.3 Å². The van der Waals surface area contributed by atoms with Gasteiger partial charge in [-0.1, -0.05) is 4.99 Å². The summed E-state index contributed by atoms with van der Waals surface area (Å²) in [7, 11) is 2.77. The van der Waals surface area contributed by atoms with Crippen molar-refractivity contribution in [2.45, 2.75) is 33.4 Å². The second kappa shape index (κ2) is 5.43. The first kappa shape index (κ1) is 16.2. The first-order chi connectivity index (χ1) is 11.3. The molecule has 1 unspecified atom stereocenters. The topological polar surface area (TPSA) is 88.1 Å². The van der Waals surface area contributed by atoms with E-state index in [2.05, 4.69) is 9.73 Å². The molecule has 0 spiro atoms. The number of carbonyl (C=O) groups excluding carboxylic acids is 3. The lowest BCUT2D eigenvalue weighted by atomic mass is 10.1. The number of esters is 1. The molecule has 0 radical (unpaired) electrons. The maximum absolute atomic E-state index is 12.9. The molecular formula is C15H20N5O4+. The summed E-state index contributed by atoms with van der Waals surface area (Å²) >= 11 is 0. The molecule has 9 heteroatoms. The monoisotopic (exact) mass is 334 g/mol. The lowest BCUT2D eigenvalue weighted by Crippen LogP contribution is -2.58. The molecule has 3 rings (SSSR count). The van der Waals surface area contributed by atoms with Crippen molar-refractivity contribution in [2.24, 2.45) is 4.99 Å². The quantitative estimate of drug-likeness (QED) is 0.578. The highest BCUT2D eigenvalue weighted by Gasteiger charge is 2.54. The Hall–Kier alpha value is -2.71. The summed E-state index contributed by atoms with van der Waals surface area (Å²) in [6.45, 7) is 6.17. The molecule has 0 bridgehead atoms. The minimum atomic E-state index is -0.737. The van der Waals surface area contributed by atoms with Crippen molar-refractivity contribution >= 4 is 29.7 Å². The molecule has 128 valence electrons. The summed E-state index contributed by atoms with van der Waals surface area (Å²) in [5, 5.41) is 0. The number of imide groups is 1. The van der Waals surface area contributed by atoms with Crippen molar-refractivity contribution in [1.82, 2.24) is 14.4 Å². The van der Waals surface area contributed by atoms with Crippen molar-refractivity contribution in [3.63, 3.8) is 0 Å². The van der Waals surface area contributed by atoms with Gasteiger partial charge in [0, 0.05) is 7.05 Å². The lowest BCUT2D eigenvalue weighted by molar-refractivity contribution is -0.685. The molecule has 3 amide bonds. The predicted molar refractivity (Wildman–Crippen MR) is 82.8 cm³/mol. The Labute approximate surface area is 139 Å². The number of carbonyl (C=O) groups is 3. The third-order valence-electron chi connectivity index (χ3n) is 4.66. The first-order valence-corrected chi connectivity index (χ1v) is 7.69. The van der Waals surface area contributed by atoms with E-state index in [4.69, 9.17) is 0 Å². The van der Waals surface area contributed by atoms with E-state index in [1.54, 1.807) is 7.05 Å². The number of methoxy groups -OCH3 is 1. The van der Waals surface area contributed by atoms with Gasteiger partial charge in [-0.3, -0.25) is 14.5 Å². The van der Waals surface area contributed by atoms with Crippen LogP contribution in [-0.4, -0.2) is 58.8 Å². The zero-order valence-electron chi connectivity index (χ0n) is 14.4. The van der Waals surface area contributed by atoms with Gasteiger partial charge in [-0.05, 0) is 20.8 Å². The number of nitrogens with zero attached hydrogens (tertiary/aromatic N) is 5. The van der Waals surface area contributed by atoms with E-state index in [1.165, 1.54) is 12.0 Å². The molecule has 2 aliphatic rings. The summed E-state index contributed by atoms with van der Waals surface area (Å²) in [5.41, 5.74) is 1.92. The number of urea groups is 1. The van der Waals surface area contributed by atoms with Crippen LogP contribution in [0.15, 0.2) is 4.99 Å². The lowest BCUT2D eigenvalue weighted by Gasteiger charge is -2.32. The van der Waals surface area contributed by atoms with Gasteiger partial charge >= 0.3 is 17.9 Å². The van der Waals surface area contributed by atoms with Crippen LogP contribution in [0.1, 0.15) is 24.4 Å². The van der Waals surface area contributed by atoms with Gasteiger partial charge in [0.15, 0.2) is 0 Å². The molecule has 1 aromatic heterocycles. The van der Waals surface area contributed by atoms with Crippen LogP contribution in [0.2, 0.25) is 0 Å². The molecule has 0 N–H and O–H groups in total. The Morgan fingerprint density at radius 2 is 2.00 bits per heavy atom. The molecule has 0 saturated carbocycles. The number of amidine groups is 1. The average molecular weight is 334 g/mol. The first-order valence-electron chi connectivity index (χ1n) is 7.69. The van der Waals surface area contributed by atoms with Crippen LogP contribution in [0.5, 0.6) is 0 Å². The molecule has 1 atom stereocenters. The van der Waals surface area contributed by atoms with Crippen LogP contribution in [0, 0.1) is 13.8 Å². The Bertz CT molecular complexity index is 794. The van der Waals surface area contributed by atoms with Gasteiger partial charge in [-0.25, -0.2) is 18.8 Å². The zero-order chi connectivity index (χ0) is 17.8. The Morgan fingerprint density at radius 1 is 1.33 bits per heavy atom. The summed E-state index contributed by atoms with van der Waals surface area (Å²) in [5.74, 6) is -0.0954. The summed E-state index contributed by atoms with van der Waals surface area (Å²) in [4.78, 5) is 43.6. The molecule has 1 aromatic rings. The molecule has 0 aliphatic carbocycles. The van der Waals surface area contributed by atoms with Gasteiger partial charge < -0.3 is 4.74 Å². The molecule has 9 nitrogen and oxygen atoms in total. The molecular weight excluding hydrogens is 314 g/mol. The molecule has 1 fully saturated rings.